The summed E-state index contributed by atoms with van der Waals surface area (Å²) in [5, 5.41) is 0.670. The van der Waals surface area contributed by atoms with Crippen LogP contribution < -0.4 is 4.74 Å². The fourth-order valence-corrected chi connectivity index (χ4v) is 3.38. The maximum Gasteiger partial charge on any atom is 0.129 e. The van der Waals surface area contributed by atoms with E-state index in [9.17, 15) is 0 Å². The van der Waals surface area contributed by atoms with E-state index < -0.39 is 0 Å². The highest BCUT2D eigenvalue weighted by atomic mass is 127. The van der Waals surface area contributed by atoms with Gasteiger partial charge in [-0.1, -0.05) is 11.6 Å². The minimum Gasteiger partial charge on any atom is -0.497 e. The Morgan fingerprint density at radius 3 is 2.71 bits per heavy atom. The van der Waals surface area contributed by atoms with Crippen molar-refractivity contribution in [2.75, 3.05) is 7.11 Å². The van der Waals surface area contributed by atoms with Gasteiger partial charge in [0.25, 0.3) is 0 Å². The fraction of sp³-hybridized carbons (Fsp3) is 0.133. The Labute approximate surface area is 146 Å². The first-order chi connectivity index (χ1) is 10.1. The van der Waals surface area contributed by atoms with Gasteiger partial charge in [0.05, 0.1) is 34.7 Å². The summed E-state index contributed by atoms with van der Waals surface area (Å²) in [6.45, 7) is 0. The van der Waals surface area contributed by atoms with Crippen molar-refractivity contribution in [1.29, 1.82) is 0 Å². The summed E-state index contributed by atoms with van der Waals surface area (Å²) in [5.41, 5.74) is 2.66. The molecule has 2 aromatic carbocycles. The smallest absolute Gasteiger partial charge is 0.129 e. The molecule has 0 amide bonds. The van der Waals surface area contributed by atoms with Crippen LogP contribution in [0, 0.1) is 3.57 Å². The molecule has 1 aromatic heterocycles. The molecule has 0 aliphatic heterocycles. The second kappa shape index (κ2) is 6.02. The van der Waals surface area contributed by atoms with Crippen molar-refractivity contribution in [3.05, 3.63) is 50.8 Å². The molecule has 108 valence electrons. The molecule has 0 saturated heterocycles. The Kier molecular flexibility index (Phi) is 4.28. The monoisotopic (exact) mass is 432 g/mol. The van der Waals surface area contributed by atoms with Crippen molar-refractivity contribution in [1.82, 2.24) is 9.55 Å². The summed E-state index contributed by atoms with van der Waals surface area (Å²) in [7, 11) is 1.64. The molecule has 0 aliphatic carbocycles. The van der Waals surface area contributed by atoms with E-state index in [2.05, 4.69) is 27.6 Å². The summed E-state index contributed by atoms with van der Waals surface area (Å²) in [4.78, 5) is 4.57. The van der Waals surface area contributed by atoms with Crippen LogP contribution in [0.3, 0.4) is 0 Å². The van der Waals surface area contributed by atoms with Crippen molar-refractivity contribution >= 4 is 56.8 Å². The normalized spacial score (nSPS) is 11.0. The molecule has 6 heteroatoms. The molecule has 0 N–H and O–H groups in total. The van der Waals surface area contributed by atoms with Crippen LogP contribution in [0.4, 0.5) is 0 Å². The third-order valence-corrected chi connectivity index (χ3v) is 4.41. The van der Waals surface area contributed by atoms with Gasteiger partial charge in [-0.2, -0.15) is 0 Å². The van der Waals surface area contributed by atoms with Gasteiger partial charge in [-0.25, -0.2) is 4.98 Å². The minimum atomic E-state index is 0.305. The number of methoxy groups -OCH3 is 1. The summed E-state index contributed by atoms with van der Waals surface area (Å²) in [6.07, 6.45) is 0. The highest BCUT2D eigenvalue weighted by Gasteiger charge is 2.14. The van der Waals surface area contributed by atoms with E-state index in [1.165, 1.54) is 0 Å². The first-order valence-corrected chi connectivity index (χ1v) is 8.20. The Balaban J connectivity index is 2.29. The van der Waals surface area contributed by atoms with E-state index in [-0.39, 0.29) is 0 Å². The van der Waals surface area contributed by atoms with Crippen molar-refractivity contribution in [2.24, 2.45) is 0 Å². The third kappa shape index (κ3) is 2.72. The summed E-state index contributed by atoms with van der Waals surface area (Å²) in [6, 6.07) is 11.7. The van der Waals surface area contributed by atoms with Gasteiger partial charge in [-0.15, -0.1) is 11.6 Å². The zero-order valence-corrected chi connectivity index (χ0v) is 14.8. The summed E-state index contributed by atoms with van der Waals surface area (Å²) in [5.74, 6) is 1.82. The average molecular weight is 433 g/mol. The second-order valence-electron chi connectivity index (χ2n) is 4.45. The molecule has 21 heavy (non-hydrogen) atoms. The first-order valence-electron chi connectivity index (χ1n) is 6.21. The largest absolute Gasteiger partial charge is 0.497 e. The Hall–Kier alpha value is -0.980. The zero-order valence-electron chi connectivity index (χ0n) is 11.1. The molecule has 1 heterocycles. The lowest BCUT2D eigenvalue weighted by Crippen LogP contribution is -2.00. The predicted octanol–water partition coefficient (Wildman–Crippen LogP) is 5.03. The SMILES string of the molecule is COc1ccc2c(c1)nc(CCl)n2-c1ccc(I)cc1Cl. The van der Waals surface area contributed by atoms with E-state index in [0.29, 0.717) is 10.9 Å². The number of halogens is 3. The molecule has 0 aliphatic rings. The van der Waals surface area contributed by atoms with E-state index in [4.69, 9.17) is 27.9 Å². The maximum absolute atomic E-state index is 6.39. The highest BCUT2D eigenvalue weighted by Crippen LogP contribution is 2.30. The van der Waals surface area contributed by atoms with Crippen LogP contribution in [0.25, 0.3) is 16.7 Å². The van der Waals surface area contributed by atoms with Gasteiger partial charge in [0.15, 0.2) is 0 Å². The van der Waals surface area contributed by atoms with Crippen LogP contribution in [0.2, 0.25) is 5.02 Å². The van der Waals surface area contributed by atoms with Crippen molar-refractivity contribution < 1.29 is 4.74 Å². The molecule has 0 atom stereocenters. The Bertz CT molecular complexity index is 817. The van der Waals surface area contributed by atoms with Crippen molar-refractivity contribution in [3.8, 4) is 11.4 Å². The number of imidazole rings is 1. The lowest BCUT2D eigenvalue weighted by Gasteiger charge is -2.10. The molecule has 0 fully saturated rings. The van der Waals surface area contributed by atoms with E-state index in [0.717, 1.165) is 31.9 Å². The molecule has 0 bridgehead atoms. The van der Waals surface area contributed by atoms with Crippen LogP contribution in [-0.4, -0.2) is 16.7 Å². The number of alkyl halides is 1. The van der Waals surface area contributed by atoms with Gasteiger partial charge in [0.1, 0.15) is 11.6 Å². The number of nitrogens with zero attached hydrogens (tertiary/aromatic N) is 2. The van der Waals surface area contributed by atoms with Crippen LogP contribution in [-0.2, 0) is 5.88 Å². The Morgan fingerprint density at radius 1 is 1.24 bits per heavy atom. The molecule has 0 spiro atoms. The molecular weight excluding hydrogens is 422 g/mol. The standard InChI is InChI=1S/C15H11Cl2IN2O/c1-21-10-3-5-14-12(7-10)19-15(8-16)20(14)13-4-2-9(18)6-11(13)17/h2-7H,8H2,1H3. The number of rotatable bonds is 3. The van der Waals surface area contributed by atoms with E-state index in [1.54, 1.807) is 7.11 Å². The maximum atomic E-state index is 6.39. The number of aromatic nitrogens is 2. The van der Waals surface area contributed by atoms with Crippen molar-refractivity contribution in [2.45, 2.75) is 5.88 Å². The molecule has 0 unspecified atom stereocenters. The average Bonchev–Trinajstić information content (AvgIpc) is 2.84. The summed E-state index contributed by atoms with van der Waals surface area (Å²) >= 11 is 14.7. The van der Waals surface area contributed by atoms with Crippen LogP contribution in [0.15, 0.2) is 36.4 Å². The number of benzene rings is 2. The van der Waals surface area contributed by atoms with Crippen LogP contribution >= 0.6 is 45.8 Å². The quantitative estimate of drug-likeness (QED) is 0.428. The Morgan fingerprint density at radius 2 is 2.05 bits per heavy atom. The molecule has 0 radical (unpaired) electrons. The van der Waals surface area contributed by atoms with E-state index in [1.807, 2.05) is 41.0 Å². The lowest BCUT2D eigenvalue weighted by molar-refractivity contribution is 0.415. The van der Waals surface area contributed by atoms with Crippen LogP contribution in [0.1, 0.15) is 5.82 Å². The van der Waals surface area contributed by atoms with Gasteiger partial charge >= 0.3 is 0 Å². The first kappa shape index (κ1) is 14.9. The van der Waals surface area contributed by atoms with Crippen molar-refractivity contribution in [3.63, 3.8) is 0 Å². The molecule has 3 nitrogen and oxygen atoms in total. The van der Waals surface area contributed by atoms with Gasteiger partial charge < -0.3 is 4.74 Å². The number of hydrogen-bond acceptors (Lipinski definition) is 2. The van der Waals surface area contributed by atoms with Gasteiger partial charge in [0, 0.05) is 9.64 Å². The summed E-state index contributed by atoms with van der Waals surface area (Å²) < 4.78 is 8.31. The lowest BCUT2D eigenvalue weighted by atomic mass is 10.2. The third-order valence-electron chi connectivity index (χ3n) is 3.20. The van der Waals surface area contributed by atoms with Gasteiger partial charge in [0.2, 0.25) is 0 Å². The van der Waals surface area contributed by atoms with Gasteiger partial charge in [-0.05, 0) is 52.9 Å². The number of hydrogen-bond donors (Lipinski definition) is 0. The minimum absolute atomic E-state index is 0.305. The topological polar surface area (TPSA) is 27.1 Å². The molecule has 0 saturated carbocycles. The van der Waals surface area contributed by atoms with E-state index >= 15 is 0 Å². The molecular formula is C15H11Cl2IN2O. The highest BCUT2D eigenvalue weighted by molar-refractivity contribution is 14.1. The zero-order chi connectivity index (χ0) is 15.0. The van der Waals surface area contributed by atoms with Crippen LogP contribution in [0.5, 0.6) is 5.75 Å². The molecule has 3 rings (SSSR count). The predicted molar refractivity (Wildman–Crippen MR) is 94.9 cm³/mol. The molecule has 3 aromatic rings. The number of fused-ring (bicyclic) bond motifs is 1. The second-order valence-corrected chi connectivity index (χ2v) is 6.37. The van der Waals surface area contributed by atoms with Gasteiger partial charge in [-0.3, -0.25) is 4.57 Å². The fourth-order valence-electron chi connectivity index (χ4n) is 2.26. The number of ether oxygens (including phenoxy) is 1.